The van der Waals surface area contributed by atoms with E-state index < -0.39 is 0 Å². The van der Waals surface area contributed by atoms with Crippen LogP contribution in [0.4, 0.5) is 0 Å². The maximum Gasteiger partial charge on any atom is 0.0302 e. The van der Waals surface area contributed by atoms with Crippen LogP contribution in [0.1, 0.15) is 37.1 Å². The van der Waals surface area contributed by atoms with Crippen LogP contribution in [-0.4, -0.2) is 13.1 Å². The zero-order chi connectivity index (χ0) is 11.8. The van der Waals surface area contributed by atoms with E-state index in [4.69, 9.17) is 5.73 Å². The van der Waals surface area contributed by atoms with Gasteiger partial charge in [-0.05, 0) is 48.9 Å². The molecule has 2 nitrogen and oxygen atoms in total. The van der Waals surface area contributed by atoms with Crippen molar-refractivity contribution >= 4 is 11.3 Å². The predicted octanol–water partition coefficient (Wildman–Crippen LogP) is 2.78. The Bertz CT molecular complexity index is 279. The molecule has 0 aliphatic carbocycles. The quantitative estimate of drug-likeness (QED) is 0.686. The maximum atomic E-state index is 5.68. The Morgan fingerprint density at radius 2 is 2.25 bits per heavy atom. The lowest BCUT2D eigenvalue weighted by atomic mass is 10.0. The van der Waals surface area contributed by atoms with Crippen LogP contribution in [0.15, 0.2) is 11.4 Å². The largest absolute Gasteiger partial charge is 0.330 e. The molecule has 3 N–H and O–H groups in total. The normalized spacial score (nSPS) is 12.9. The monoisotopic (exact) mass is 240 g/mol. The van der Waals surface area contributed by atoms with E-state index in [0.717, 1.165) is 26.1 Å². The third-order valence-corrected chi connectivity index (χ3v) is 4.11. The molecule has 0 aliphatic heterocycles. The zero-order valence-electron chi connectivity index (χ0n) is 10.5. The van der Waals surface area contributed by atoms with Gasteiger partial charge < -0.3 is 11.1 Å². The van der Waals surface area contributed by atoms with Crippen molar-refractivity contribution in [1.82, 2.24) is 5.32 Å². The predicted molar refractivity (Wildman–Crippen MR) is 72.9 cm³/mol. The topological polar surface area (TPSA) is 38.0 Å². The van der Waals surface area contributed by atoms with Crippen molar-refractivity contribution < 1.29 is 0 Å². The maximum absolute atomic E-state index is 5.68. The van der Waals surface area contributed by atoms with E-state index in [2.05, 4.69) is 30.6 Å². The van der Waals surface area contributed by atoms with Gasteiger partial charge in [0.1, 0.15) is 0 Å². The fourth-order valence-corrected chi connectivity index (χ4v) is 2.78. The molecule has 92 valence electrons. The van der Waals surface area contributed by atoms with Crippen molar-refractivity contribution in [3.8, 4) is 0 Å². The standard InChI is InChI=1S/C13H24N2S/c1-3-11(9-14)5-7-15-10-13-12(4-2)6-8-16-13/h6,8,11,15H,3-5,7,9-10,14H2,1-2H3. The first-order valence-electron chi connectivity index (χ1n) is 6.27. The van der Waals surface area contributed by atoms with E-state index >= 15 is 0 Å². The summed E-state index contributed by atoms with van der Waals surface area (Å²) >= 11 is 1.86. The van der Waals surface area contributed by atoms with Crippen LogP contribution in [0.25, 0.3) is 0 Å². The molecule has 0 amide bonds. The minimum Gasteiger partial charge on any atom is -0.330 e. The van der Waals surface area contributed by atoms with Crippen molar-refractivity contribution in [2.75, 3.05) is 13.1 Å². The number of hydrogen-bond acceptors (Lipinski definition) is 3. The van der Waals surface area contributed by atoms with Crippen molar-refractivity contribution in [1.29, 1.82) is 0 Å². The summed E-state index contributed by atoms with van der Waals surface area (Å²) in [6.45, 7) is 7.34. The number of nitrogens with two attached hydrogens (primary N) is 1. The van der Waals surface area contributed by atoms with Gasteiger partial charge in [-0.15, -0.1) is 11.3 Å². The summed E-state index contributed by atoms with van der Waals surface area (Å²) in [6.07, 6.45) is 3.53. The fraction of sp³-hybridized carbons (Fsp3) is 0.692. The molecule has 0 saturated heterocycles. The molecule has 0 bridgehead atoms. The van der Waals surface area contributed by atoms with Gasteiger partial charge in [-0.25, -0.2) is 0 Å². The van der Waals surface area contributed by atoms with Gasteiger partial charge in [0.05, 0.1) is 0 Å². The Hall–Kier alpha value is -0.380. The van der Waals surface area contributed by atoms with Gasteiger partial charge in [0.15, 0.2) is 0 Å². The molecular formula is C13H24N2S. The summed E-state index contributed by atoms with van der Waals surface area (Å²) in [5, 5.41) is 5.70. The van der Waals surface area contributed by atoms with Crippen LogP contribution >= 0.6 is 11.3 Å². The molecule has 1 aromatic rings. The zero-order valence-corrected chi connectivity index (χ0v) is 11.3. The molecule has 0 spiro atoms. The molecule has 0 aromatic carbocycles. The van der Waals surface area contributed by atoms with Crippen molar-refractivity contribution in [3.05, 3.63) is 21.9 Å². The van der Waals surface area contributed by atoms with Crippen LogP contribution in [0.5, 0.6) is 0 Å². The van der Waals surface area contributed by atoms with Gasteiger partial charge in [-0.1, -0.05) is 20.3 Å². The minimum atomic E-state index is 0.682. The van der Waals surface area contributed by atoms with Crippen LogP contribution in [-0.2, 0) is 13.0 Å². The first kappa shape index (κ1) is 13.7. The third kappa shape index (κ3) is 4.24. The van der Waals surface area contributed by atoms with Gasteiger partial charge in [0, 0.05) is 11.4 Å². The van der Waals surface area contributed by atoms with E-state index in [1.165, 1.54) is 23.3 Å². The fourth-order valence-electron chi connectivity index (χ4n) is 1.83. The molecule has 1 heterocycles. The molecule has 16 heavy (non-hydrogen) atoms. The average molecular weight is 240 g/mol. The number of thiophene rings is 1. The Labute approximate surface area is 103 Å². The Kier molecular flexibility index (Phi) is 6.69. The Morgan fingerprint density at radius 1 is 1.44 bits per heavy atom. The highest BCUT2D eigenvalue weighted by Crippen LogP contribution is 2.16. The number of nitrogens with one attached hydrogen (secondary N) is 1. The lowest BCUT2D eigenvalue weighted by Crippen LogP contribution is -2.21. The van der Waals surface area contributed by atoms with Gasteiger partial charge in [0.25, 0.3) is 0 Å². The van der Waals surface area contributed by atoms with Crippen molar-refractivity contribution in [3.63, 3.8) is 0 Å². The molecule has 1 aromatic heterocycles. The number of hydrogen-bond donors (Lipinski definition) is 2. The summed E-state index contributed by atoms with van der Waals surface area (Å²) in [5.74, 6) is 0.682. The lowest BCUT2D eigenvalue weighted by molar-refractivity contribution is 0.460. The number of aryl methyl sites for hydroxylation is 1. The SMILES string of the molecule is CCc1ccsc1CNCCC(CC)CN. The van der Waals surface area contributed by atoms with E-state index in [9.17, 15) is 0 Å². The van der Waals surface area contributed by atoms with Crippen molar-refractivity contribution in [2.45, 2.75) is 39.7 Å². The summed E-state index contributed by atoms with van der Waals surface area (Å²) in [7, 11) is 0. The summed E-state index contributed by atoms with van der Waals surface area (Å²) < 4.78 is 0. The van der Waals surface area contributed by atoms with Gasteiger partial charge >= 0.3 is 0 Å². The molecule has 1 unspecified atom stereocenters. The second kappa shape index (κ2) is 7.82. The van der Waals surface area contributed by atoms with E-state index in [-0.39, 0.29) is 0 Å². The van der Waals surface area contributed by atoms with Crippen molar-refractivity contribution in [2.24, 2.45) is 11.7 Å². The Balaban J connectivity index is 2.20. The van der Waals surface area contributed by atoms with Gasteiger partial charge in [0.2, 0.25) is 0 Å². The molecule has 0 aliphatic rings. The molecule has 0 saturated carbocycles. The highest BCUT2D eigenvalue weighted by molar-refractivity contribution is 7.10. The highest BCUT2D eigenvalue weighted by atomic mass is 32.1. The van der Waals surface area contributed by atoms with Crippen LogP contribution < -0.4 is 11.1 Å². The summed E-state index contributed by atoms with van der Waals surface area (Å²) in [4.78, 5) is 1.49. The minimum absolute atomic E-state index is 0.682. The highest BCUT2D eigenvalue weighted by Gasteiger charge is 2.04. The first-order chi connectivity index (χ1) is 7.81. The first-order valence-corrected chi connectivity index (χ1v) is 7.15. The molecule has 1 atom stereocenters. The van der Waals surface area contributed by atoms with Crippen LogP contribution in [0, 0.1) is 5.92 Å². The smallest absolute Gasteiger partial charge is 0.0302 e. The summed E-state index contributed by atoms with van der Waals surface area (Å²) in [5.41, 5.74) is 7.17. The second-order valence-corrected chi connectivity index (χ2v) is 5.20. The number of rotatable bonds is 8. The average Bonchev–Trinajstić information content (AvgIpc) is 2.77. The molecule has 1 rings (SSSR count). The Morgan fingerprint density at radius 3 is 2.88 bits per heavy atom. The van der Waals surface area contributed by atoms with E-state index in [1.807, 2.05) is 11.3 Å². The molecule has 3 heteroatoms. The van der Waals surface area contributed by atoms with Crippen LogP contribution in [0.2, 0.25) is 0 Å². The lowest BCUT2D eigenvalue weighted by Gasteiger charge is -2.12. The molecular weight excluding hydrogens is 216 g/mol. The third-order valence-electron chi connectivity index (χ3n) is 3.14. The summed E-state index contributed by atoms with van der Waals surface area (Å²) in [6, 6.07) is 2.23. The second-order valence-electron chi connectivity index (χ2n) is 4.20. The molecule has 0 fully saturated rings. The van der Waals surface area contributed by atoms with Crippen LogP contribution in [0.3, 0.4) is 0 Å². The van der Waals surface area contributed by atoms with Gasteiger partial charge in [-0.2, -0.15) is 0 Å². The van der Waals surface area contributed by atoms with E-state index in [0.29, 0.717) is 5.92 Å². The van der Waals surface area contributed by atoms with Gasteiger partial charge in [-0.3, -0.25) is 0 Å². The van der Waals surface area contributed by atoms with E-state index in [1.54, 1.807) is 0 Å². The molecule has 0 radical (unpaired) electrons.